The first-order chi connectivity index (χ1) is 30.3. The summed E-state index contributed by atoms with van der Waals surface area (Å²) in [5, 5.41) is 15.5. The fourth-order valence-corrected chi connectivity index (χ4v) is 8.41. The average Bonchev–Trinajstić information content (AvgIpc) is 3.31. The highest BCUT2D eigenvalue weighted by Crippen LogP contribution is 2.42. The van der Waals surface area contributed by atoms with E-state index in [2.05, 4.69) is 84.8 Å². The van der Waals surface area contributed by atoms with E-state index in [-0.39, 0.29) is 31.3 Å². The van der Waals surface area contributed by atoms with Gasteiger partial charge >= 0.3 is 12.0 Å². The van der Waals surface area contributed by atoms with E-state index in [1.165, 1.54) is 84.2 Å². The fraction of sp³-hybridized carbons (Fsp3) is 0.509. The molecule has 9 nitrogen and oxygen atoms in total. The van der Waals surface area contributed by atoms with Gasteiger partial charge in [0.05, 0.1) is 25.9 Å². The van der Waals surface area contributed by atoms with Gasteiger partial charge < -0.3 is 34.9 Å². The van der Waals surface area contributed by atoms with Gasteiger partial charge in [0.1, 0.15) is 6.04 Å². The lowest BCUT2D eigenvalue weighted by Crippen LogP contribution is -2.47. The van der Waals surface area contributed by atoms with Gasteiger partial charge in [0.2, 0.25) is 0 Å². The Labute approximate surface area is 371 Å². The van der Waals surface area contributed by atoms with E-state index in [1.807, 2.05) is 54.6 Å². The monoisotopic (exact) mass is 848 g/mol. The summed E-state index contributed by atoms with van der Waals surface area (Å²) in [6.07, 6.45) is 14.8. The van der Waals surface area contributed by atoms with E-state index in [4.69, 9.17) is 14.2 Å². The number of unbranched alkanes of at least 4 members (excludes halogenated alkanes) is 10. The standard InChI is InChI=1S/C53H73N3O6/c1-5-7-9-11-13-18-32-56(33-19-14-12-10-8-6-2)38-49-40(3)50(44-30-28-42(39-57)29-31-44)62-52(61-49)47-27-21-26-46(36-47)45-25-20-24-43(34-45)37-54-53(59)55-48(51(58)60-4)35-41-22-16-15-17-23-41/h15-17,20-31,34,36,40,48-50,52,57H,5-14,18-19,32-33,35,37-39H2,1-4H3,(H2,54,55,59). The minimum Gasteiger partial charge on any atom is -0.467 e. The quantitative estimate of drug-likeness (QED) is 0.0426. The van der Waals surface area contributed by atoms with Crippen LogP contribution in [0.2, 0.25) is 0 Å². The highest BCUT2D eigenvalue weighted by molar-refractivity contribution is 5.83. The molecular weight excluding hydrogens is 775 g/mol. The summed E-state index contributed by atoms with van der Waals surface area (Å²) in [7, 11) is 1.32. The second-order valence-electron chi connectivity index (χ2n) is 17.1. The summed E-state index contributed by atoms with van der Waals surface area (Å²) in [5.41, 5.74) is 6.78. The van der Waals surface area contributed by atoms with E-state index in [0.717, 1.165) is 58.6 Å². The van der Waals surface area contributed by atoms with Gasteiger partial charge in [-0.3, -0.25) is 0 Å². The van der Waals surface area contributed by atoms with Crippen LogP contribution in [0.4, 0.5) is 4.79 Å². The summed E-state index contributed by atoms with van der Waals surface area (Å²) in [4.78, 5) is 28.2. The second-order valence-corrected chi connectivity index (χ2v) is 17.1. The van der Waals surface area contributed by atoms with E-state index in [0.29, 0.717) is 6.42 Å². The van der Waals surface area contributed by atoms with Gasteiger partial charge in [-0.15, -0.1) is 0 Å². The third-order valence-corrected chi connectivity index (χ3v) is 12.2. The first-order valence-electron chi connectivity index (χ1n) is 23.4. The molecule has 9 heteroatoms. The van der Waals surface area contributed by atoms with Crippen molar-refractivity contribution in [1.82, 2.24) is 15.5 Å². The first kappa shape index (κ1) is 48.5. The van der Waals surface area contributed by atoms with Crippen LogP contribution in [0.3, 0.4) is 0 Å². The van der Waals surface area contributed by atoms with Crippen molar-refractivity contribution in [3.05, 3.63) is 131 Å². The van der Waals surface area contributed by atoms with Crippen LogP contribution in [0.1, 0.15) is 138 Å². The Bertz CT molecular complexity index is 1870. The molecule has 0 spiro atoms. The van der Waals surface area contributed by atoms with Gasteiger partial charge in [-0.25, -0.2) is 9.59 Å². The summed E-state index contributed by atoms with van der Waals surface area (Å²) in [6.45, 7) is 10.1. The normalized spacial score (nSPS) is 18.0. The predicted molar refractivity (Wildman–Crippen MR) is 249 cm³/mol. The zero-order valence-corrected chi connectivity index (χ0v) is 37.9. The van der Waals surface area contributed by atoms with Crippen molar-refractivity contribution >= 4 is 12.0 Å². The number of aliphatic hydroxyl groups is 1. The molecule has 4 aromatic carbocycles. The van der Waals surface area contributed by atoms with Gasteiger partial charge in [-0.1, -0.05) is 176 Å². The van der Waals surface area contributed by atoms with Crippen molar-refractivity contribution in [3.63, 3.8) is 0 Å². The molecule has 5 unspecified atom stereocenters. The molecule has 62 heavy (non-hydrogen) atoms. The number of hydrogen-bond acceptors (Lipinski definition) is 7. The van der Waals surface area contributed by atoms with Crippen LogP contribution < -0.4 is 10.6 Å². The molecular formula is C53H73N3O6. The lowest BCUT2D eigenvalue weighted by atomic mass is 9.89. The molecule has 5 rings (SSSR count). The van der Waals surface area contributed by atoms with Crippen molar-refractivity contribution in [3.8, 4) is 11.1 Å². The molecule has 0 aliphatic carbocycles. The maximum Gasteiger partial charge on any atom is 0.328 e. The zero-order chi connectivity index (χ0) is 43.9. The molecule has 0 bridgehead atoms. The number of aliphatic hydroxyl groups excluding tert-OH is 1. The summed E-state index contributed by atoms with van der Waals surface area (Å²) >= 11 is 0. The largest absolute Gasteiger partial charge is 0.467 e. The number of amides is 2. The second kappa shape index (κ2) is 26.8. The highest BCUT2D eigenvalue weighted by atomic mass is 16.7. The van der Waals surface area contributed by atoms with Crippen molar-refractivity contribution in [1.29, 1.82) is 0 Å². The van der Waals surface area contributed by atoms with Crippen molar-refractivity contribution in [2.24, 2.45) is 5.92 Å². The van der Waals surface area contributed by atoms with E-state index < -0.39 is 24.3 Å². The van der Waals surface area contributed by atoms with Crippen LogP contribution in [0, 0.1) is 5.92 Å². The Morgan fingerprint density at radius 2 is 1.31 bits per heavy atom. The van der Waals surface area contributed by atoms with Crippen LogP contribution in [-0.2, 0) is 38.6 Å². The number of rotatable bonds is 26. The van der Waals surface area contributed by atoms with Crippen LogP contribution in [0.25, 0.3) is 11.1 Å². The predicted octanol–water partition coefficient (Wildman–Crippen LogP) is 11.2. The minimum absolute atomic E-state index is 0.00341. The number of hydrogen-bond donors (Lipinski definition) is 3. The molecule has 1 aliphatic heterocycles. The average molecular weight is 848 g/mol. The molecule has 1 fully saturated rings. The number of nitrogens with one attached hydrogen (secondary N) is 2. The summed E-state index contributed by atoms with van der Waals surface area (Å²) < 4.78 is 18.9. The molecule has 336 valence electrons. The Morgan fingerprint density at radius 3 is 1.95 bits per heavy atom. The lowest BCUT2D eigenvalue weighted by Gasteiger charge is -2.43. The SMILES string of the molecule is CCCCCCCCN(CCCCCCCC)CC1OC(c2cccc(-c3cccc(CNC(=O)NC(Cc4ccccc4)C(=O)OC)c3)c2)OC(c2ccc(CO)cc2)C1C. The maximum absolute atomic E-state index is 13.0. The zero-order valence-electron chi connectivity index (χ0n) is 37.9. The van der Waals surface area contributed by atoms with Crippen molar-refractivity contribution in [2.75, 3.05) is 26.7 Å². The summed E-state index contributed by atoms with van der Waals surface area (Å²) in [5.74, 6) is -0.393. The summed E-state index contributed by atoms with van der Waals surface area (Å²) in [6, 6.07) is 32.9. The number of benzene rings is 4. The highest BCUT2D eigenvalue weighted by Gasteiger charge is 2.39. The molecule has 0 radical (unpaired) electrons. The first-order valence-corrected chi connectivity index (χ1v) is 23.4. The molecule has 5 atom stereocenters. The van der Waals surface area contributed by atoms with Crippen LogP contribution >= 0.6 is 0 Å². The minimum atomic E-state index is -0.813. The topological polar surface area (TPSA) is 109 Å². The molecule has 3 N–H and O–H groups in total. The number of urea groups is 1. The molecule has 2 amide bonds. The Balaban J connectivity index is 1.30. The Kier molecular flexibility index (Phi) is 21.0. The third-order valence-electron chi connectivity index (χ3n) is 12.2. The number of carbonyl (C=O) groups excluding carboxylic acids is 2. The number of ether oxygens (including phenoxy) is 3. The fourth-order valence-electron chi connectivity index (χ4n) is 8.41. The number of nitrogens with zero attached hydrogens (tertiary/aromatic N) is 1. The molecule has 4 aromatic rings. The molecule has 1 saturated heterocycles. The van der Waals surface area contributed by atoms with Crippen molar-refractivity contribution in [2.45, 2.75) is 142 Å². The Morgan fingerprint density at radius 1 is 0.694 bits per heavy atom. The molecule has 0 aromatic heterocycles. The van der Waals surface area contributed by atoms with Crippen LogP contribution in [0.15, 0.2) is 103 Å². The number of esters is 1. The molecule has 0 saturated carbocycles. The van der Waals surface area contributed by atoms with E-state index in [9.17, 15) is 14.7 Å². The molecule has 1 heterocycles. The van der Waals surface area contributed by atoms with Gasteiger partial charge in [0, 0.05) is 31.0 Å². The third kappa shape index (κ3) is 15.7. The molecule has 1 aliphatic rings. The lowest BCUT2D eigenvalue weighted by molar-refractivity contribution is -0.276. The van der Waals surface area contributed by atoms with Gasteiger partial charge in [-0.05, 0) is 71.4 Å². The number of methoxy groups -OCH3 is 1. The van der Waals surface area contributed by atoms with Gasteiger partial charge in [0.15, 0.2) is 6.29 Å². The van der Waals surface area contributed by atoms with Gasteiger partial charge in [0.25, 0.3) is 0 Å². The van der Waals surface area contributed by atoms with Crippen LogP contribution in [0.5, 0.6) is 0 Å². The van der Waals surface area contributed by atoms with E-state index >= 15 is 0 Å². The smallest absolute Gasteiger partial charge is 0.328 e. The van der Waals surface area contributed by atoms with Crippen LogP contribution in [-0.4, -0.2) is 60.9 Å². The number of carbonyl (C=O) groups is 2. The van der Waals surface area contributed by atoms with Crippen molar-refractivity contribution < 1.29 is 28.9 Å². The Hall–Kier alpha value is -4.54. The maximum atomic E-state index is 13.0. The van der Waals surface area contributed by atoms with Gasteiger partial charge in [-0.2, -0.15) is 0 Å². The van der Waals surface area contributed by atoms with E-state index in [1.54, 1.807) is 0 Å².